The topological polar surface area (TPSA) is 103 Å². The fraction of sp³-hybridized carbons (Fsp3) is 0.208. The molecule has 4 N–H and O–H groups in total. The minimum atomic E-state index is -0.890. The third kappa shape index (κ3) is 4.64. The number of nitrogens with one attached hydrogen (secondary N) is 3. The third-order valence-corrected chi connectivity index (χ3v) is 6.13. The molecule has 3 amide bonds. The Kier molecular flexibility index (Phi) is 5.95. The third-order valence-electron chi connectivity index (χ3n) is 5.35. The lowest BCUT2D eigenvalue weighted by atomic mass is 9.97. The van der Waals surface area contributed by atoms with Crippen LogP contribution in [0.15, 0.2) is 53.9 Å². The molecule has 0 spiro atoms. The van der Waals surface area contributed by atoms with E-state index in [1.54, 1.807) is 17.5 Å². The summed E-state index contributed by atoms with van der Waals surface area (Å²) >= 11 is 1.24. The first-order valence-corrected chi connectivity index (χ1v) is 10.9. The molecule has 1 saturated carbocycles. The summed E-state index contributed by atoms with van der Waals surface area (Å²) in [4.78, 5) is 29.0. The summed E-state index contributed by atoms with van der Waals surface area (Å²) in [6.07, 6.45) is 6.86. The van der Waals surface area contributed by atoms with Gasteiger partial charge in [0.2, 0.25) is 5.91 Å². The van der Waals surface area contributed by atoms with E-state index in [1.807, 2.05) is 36.4 Å². The van der Waals surface area contributed by atoms with E-state index in [0.717, 1.165) is 29.5 Å². The highest BCUT2D eigenvalue weighted by Gasteiger charge is 2.42. The SMILES string of the molecule is C#Cc1nc(NC(=O)NC(C(=O)NC)c2ccc(-c3cccc(C4(O)CC4)c3)cc2)cs1. The molecule has 8 heteroatoms. The Labute approximate surface area is 189 Å². The van der Waals surface area contributed by atoms with Crippen molar-refractivity contribution in [2.75, 3.05) is 12.4 Å². The number of carbonyl (C=O) groups is 2. The van der Waals surface area contributed by atoms with Crippen LogP contribution in [0.5, 0.6) is 0 Å². The number of thiazole rings is 1. The second-order valence-corrected chi connectivity index (χ2v) is 8.42. The number of terminal acetylenes is 1. The highest BCUT2D eigenvalue weighted by molar-refractivity contribution is 7.10. The van der Waals surface area contributed by atoms with Gasteiger partial charge in [-0.3, -0.25) is 10.1 Å². The van der Waals surface area contributed by atoms with Crippen LogP contribution >= 0.6 is 11.3 Å². The summed E-state index contributed by atoms with van der Waals surface area (Å²) in [7, 11) is 1.51. The number of urea groups is 1. The highest BCUT2D eigenvalue weighted by Crippen LogP contribution is 2.45. The van der Waals surface area contributed by atoms with E-state index in [-0.39, 0.29) is 5.91 Å². The van der Waals surface area contributed by atoms with Crippen LogP contribution in [0.25, 0.3) is 11.1 Å². The van der Waals surface area contributed by atoms with E-state index in [2.05, 4.69) is 26.9 Å². The Morgan fingerprint density at radius 1 is 1.19 bits per heavy atom. The molecule has 1 aliphatic rings. The summed E-state index contributed by atoms with van der Waals surface area (Å²) in [6.45, 7) is 0. The van der Waals surface area contributed by atoms with E-state index < -0.39 is 17.7 Å². The number of aliphatic hydroxyl groups is 1. The van der Waals surface area contributed by atoms with Gasteiger partial charge in [-0.25, -0.2) is 9.78 Å². The molecular weight excluding hydrogens is 424 g/mol. The van der Waals surface area contributed by atoms with E-state index >= 15 is 0 Å². The number of likely N-dealkylation sites (N-methyl/N-ethyl adjacent to an activating group) is 1. The molecule has 1 aliphatic carbocycles. The van der Waals surface area contributed by atoms with Gasteiger partial charge in [0, 0.05) is 12.4 Å². The fourth-order valence-electron chi connectivity index (χ4n) is 3.39. The molecule has 1 unspecified atom stereocenters. The number of benzene rings is 2. The number of nitrogens with zero attached hydrogens (tertiary/aromatic N) is 1. The van der Waals surface area contributed by atoms with Gasteiger partial charge in [0.25, 0.3) is 0 Å². The van der Waals surface area contributed by atoms with Crippen molar-refractivity contribution in [2.45, 2.75) is 24.5 Å². The zero-order valence-electron chi connectivity index (χ0n) is 17.4. The van der Waals surface area contributed by atoms with Gasteiger partial charge in [0.05, 0.1) is 5.60 Å². The van der Waals surface area contributed by atoms with Crippen LogP contribution in [0.2, 0.25) is 0 Å². The maximum Gasteiger partial charge on any atom is 0.321 e. The molecular formula is C24H22N4O3S. The van der Waals surface area contributed by atoms with Gasteiger partial charge in [-0.1, -0.05) is 42.5 Å². The van der Waals surface area contributed by atoms with E-state index in [1.165, 1.54) is 18.4 Å². The molecule has 1 atom stereocenters. The second-order valence-electron chi connectivity index (χ2n) is 7.56. The molecule has 2 aromatic carbocycles. The van der Waals surface area contributed by atoms with Crippen molar-refractivity contribution < 1.29 is 14.7 Å². The predicted octanol–water partition coefficient (Wildman–Crippen LogP) is 3.38. The fourth-order valence-corrected chi connectivity index (χ4v) is 3.94. The smallest absolute Gasteiger partial charge is 0.321 e. The summed E-state index contributed by atoms with van der Waals surface area (Å²) in [5.74, 6) is 2.38. The summed E-state index contributed by atoms with van der Waals surface area (Å²) < 4.78 is 0. The van der Waals surface area contributed by atoms with Crippen molar-refractivity contribution in [1.29, 1.82) is 0 Å². The maximum absolute atomic E-state index is 12.4. The Hall–Kier alpha value is -3.67. The molecule has 0 saturated heterocycles. The minimum absolute atomic E-state index is 0.323. The van der Waals surface area contributed by atoms with Crippen molar-refractivity contribution in [1.82, 2.24) is 15.6 Å². The molecule has 4 rings (SSSR count). The van der Waals surface area contributed by atoms with Crippen LogP contribution in [0, 0.1) is 12.3 Å². The molecule has 1 fully saturated rings. The van der Waals surface area contributed by atoms with Crippen molar-refractivity contribution in [2.24, 2.45) is 0 Å². The maximum atomic E-state index is 12.4. The molecule has 1 heterocycles. The lowest BCUT2D eigenvalue weighted by Gasteiger charge is -2.18. The van der Waals surface area contributed by atoms with Crippen LogP contribution in [0.4, 0.5) is 10.6 Å². The molecule has 0 aliphatic heterocycles. The average Bonchev–Trinajstić information content (AvgIpc) is 3.42. The Morgan fingerprint density at radius 2 is 1.94 bits per heavy atom. The molecule has 7 nitrogen and oxygen atoms in total. The first-order chi connectivity index (χ1) is 15.4. The van der Waals surface area contributed by atoms with E-state index in [4.69, 9.17) is 6.42 Å². The molecule has 1 aromatic heterocycles. The zero-order valence-corrected chi connectivity index (χ0v) is 18.2. The van der Waals surface area contributed by atoms with Crippen LogP contribution < -0.4 is 16.0 Å². The standard InChI is InChI=1S/C24H22N4O3S/c1-3-20-26-19(14-32-20)27-23(30)28-21(22(29)25-2)16-9-7-15(8-10-16)17-5-4-6-18(13-17)24(31)11-12-24/h1,4-10,13-14,21,31H,11-12H2,2H3,(H,25,29)(H2,27,28,30). The van der Waals surface area contributed by atoms with E-state index in [9.17, 15) is 14.7 Å². The van der Waals surface area contributed by atoms with Crippen molar-refractivity contribution in [3.8, 4) is 23.5 Å². The van der Waals surface area contributed by atoms with Crippen LogP contribution in [-0.4, -0.2) is 29.1 Å². The van der Waals surface area contributed by atoms with Gasteiger partial charge in [0.15, 0.2) is 5.01 Å². The monoisotopic (exact) mass is 446 g/mol. The van der Waals surface area contributed by atoms with Gasteiger partial charge in [-0.15, -0.1) is 17.8 Å². The number of amides is 3. The Morgan fingerprint density at radius 3 is 2.56 bits per heavy atom. The quantitative estimate of drug-likeness (QED) is 0.436. The Balaban J connectivity index is 1.50. The van der Waals surface area contributed by atoms with Crippen molar-refractivity contribution in [3.63, 3.8) is 0 Å². The summed E-state index contributed by atoms with van der Waals surface area (Å²) in [5.41, 5.74) is 2.77. The number of aromatic nitrogens is 1. The summed E-state index contributed by atoms with van der Waals surface area (Å²) in [6, 6.07) is 13.7. The van der Waals surface area contributed by atoms with Crippen LogP contribution in [-0.2, 0) is 10.4 Å². The van der Waals surface area contributed by atoms with Crippen molar-refractivity contribution in [3.05, 3.63) is 70.0 Å². The molecule has 162 valence electrons. The van der Waals surface area contributed by atoms with Crippen LogP contribution in [0.3, 0.4) is 0 Å². The molecule has 32 heavy (non-hydrogen) atoms. The van der Waals surface area contributed by atoms with Crippen LogP contribution in [0.1, 0.15) is 35.0 Å². The highest BCUT2D eigenvalue weighted by atomic mass is 32.1. The largest absolute Gasteiger partial charge is 0.385 e. The normalized spacial score (nSPS) is 14.7. The Bertz CT molecular complexity index is 1190. The number of hydrogen-bond donors (Lipinski definition) is 4. The first kappa shape index (κ1) is 21.6. The number of hydrogen-bond acceptors (Lipinski definition) is 5. The molecule has 0 bridgehead atoms. The van der Waals surface area contributed by atoms with Gasteiger partial charge in [0.1, 0.15) is 11.9 Å². The number of anilines is 1. The average molecular weight is 447 g/mol. The zero-order chi connectivity index (χ0) is 22.7. The van der Waals surface area contributed by atoms with Gasteiger partial charge < -0.3 is 15.7 Å². The number of carbonyl (C=O) groups excluding carboxylic acids is 2. The molecule has 3 aromatic rings. The lowest BCUT2D eigenvalue weighted by Crippen LogP contribution is -2.41. The summed E-state index contributed by atoms with van der Waals surface area (Å²) in [5, 5.41) is 20.3. The van der Waals surface area contributed by atoms with E-state index in [0.29, 0.717) is 16.4 Å². The minimum Gasteiger partial charge on any atom is -0.385 e. The molecule has 0 radical (unpaired) electrons. The number of rotatable bonds is 6. The van der Waals surface area contributed by atoms with Gasteiger partial charge >= 0.3 is 6.03 Å². The van der Waals surface area contributed by atoms with Gasteiger partial charge in [-0.05, 0) is 47.1 Å². The first-order valence-electron chi connectivity index (χ1n) is 10.1. The predicted molar refractivity (Wildman–Crippen MR) is 124 cm³/mol. The lowest BCUT2D eigenvalue weighted by molar-refractivity contribution is -0.122. The van der Waals surface area contributed by atoms with Crippen molar-refractivity contribution >= 4 is 29.1 Å². The van der Waals surface area contributed by atoms with Gasteiger partial charge in [-0.2, -0.15) is 0 Å². The second kappa shape index (κ2) is 8.83.